The van der Waals surface area contributed by atoms with Crippen molar-refractivity contribution in [3.05, 3.63) is 29.8 Å². The van der Waals surface area contributed by atoms with Crippen LogP contribution in [0.2, 0.25) is 0 Å². The molecule has 0 aromatic heterocycles. The Morgan fingerprint density at radius 3 is 2.69 bits per heavy atom. The third kappa shape index (κ3) is 3.43. The van der Waals surface area contributed by atoms with Gasteiger partial charge < -0.3 is 5.11 Å². The van der Waals surface area contributed by atoms with Crippen LogP contribution in [0.5, 0.6) is 0 Å². The van der Waals surface area contributed by atoms with Crippen molar-refractivity contribution in [1.29, 1.82) is 0 Å². The molecule has 0 fully saturated rings. The molecule has 0 bridgehead atoms. The van der Waals surface area contributed by atoms with Crippen LogP contribution in [-0.4, -0.2) is 19.8 Å². The zero-order valence-corrected chi connectivity index (χ0v) is 8.00. The minimum absolute atomic E-state index is 0.0979. The number of aliphatic hydroxyl groups excluding tert-OH is 1. The summed E-state index contributed by atoms with van der Waals surface area (Å²) in [6.45, 7) is -0.0979. The van der Waals surface area contributed by atoms with Crippen LogP contribution in [0.1, 0.15) is 5.56 Å². The van der Waals surface area contributed by atoms with Gasteiger partial charge in [-0.25, -0.2) is 8.42 Å². The van der Waals surface area contributed by atoms with Crippen LogP contribution in [-0.2, 0) is 16.6 Å². The Labute approximate surface area is 77.3 Å². The maximum atomic E-state index is 10.8. The minimum Gasteiger partial charge on any atom is -0.392 e. The van der Waals surface area contributed by atoms with E-state index in [1.807, 2.05) is 0 Å². The molecule has 5 heteroatoms. The Balaban J connectivity index is 2.90. The highest BCUT2D eigenvalue weighted by Crippen LogP contribution is 2.11. The summed E-state index contributed by atoms with van der Waals surface area (Å²) >= 11 is 0. The van der Waals surface area contributed by atoms with Gasteiger partial charge in [0.1, 0.15) is 0 Å². The summed E-state index contributed by atoms with van der Waals surface area (Å²) < 4.78 is 24.0. The van der Waals surface area contributed by atoms with Gasteiger partial charge in [0.2, 0.25) is 10.0 Å². The molecule has 1 rings (SSSR count). The lowest BCUT2D eigenvalue weighted by molar-refractivity contribution is 0.282. The molecule has 0 amide bonds. The lowest BCUT2D eigenvalue weighted by atomic mass is 10.2. The zero-order valence-electron chi connectivity index (χ0n) is 7.19. The first kappa shape index (κ1) is 10.0. The monoisotopic (exact) mass is 201 g/mol. The van der Waals surface area contributed by atoms with Crippen molar-refractivity contribution in [3.8, 4) is 0 Å². The van der Waals surface area contributed by atoms with E-state index in [1.165, 1.54) is 0 Å². The number of anilines is 1. The molecule has 0 heterocycles. The number of rotatable bonds is 3. The highest BCUT2D eigenvalue weighted by atomic mass is 32.2. The van der Waals surface area contributed by atoms with Gasteiger partial charge in [-0.15, -0.1) is 0 Å². The van der Waals surface area contributed by atoms with Crippen molar-refractivity contribution in [2.24, 2.45) is 0 Å². The topological polar surface area (TPSA) is 66.4 Å². The van der Waals surface area contributed by atoms with Crippen molar-refractivity contribution < 1.29 is 13.5 Å². The van der Waals surface area contributed by atoms with E-state index in [1.54, 1.807) is 24.3 Å². The van der Waals surface area contributed by atoms with Crippen molar-refractivity contribution in [1.82, 2.24) is 0 Å². The molecule has 0 saturated heterocycles. The van der Waals surface area contributed by atoms with E-state index in [2.05, 4.69) is 4.72 Å². The summed E-state index contributed by atoms with van der Waals surface area (Å²) in [6, 6.07) is 6.60. The van der Waals surface area contributed by atoms with Gasteiger partial charge in [-0.3, -0.25) is 4.72 Å². The van der Waals surface area contributed by atoms with E-state index in [9.17, 15) is 8.42 Å². The second-order valence-electron chi connectivity index (χ2n) is 2.73. The Hall–Kier alpha value is -1.07. The summed E-state index contributed by atoms with van der Waals surface area (Å²) in [5.74, 6) is 0. The average molecular weight is 201 g/mol. The molecular formula is C8H11NO3S. The molecule has 1 aromatic rings. The molecule has 0 saturated carbocycles. The Bertz CT molecular complexity index is 386. The van der Waals surface area contributed by atoms with Crippen LogP contribution in [0.4, 0.5) is 5.69 Å². The SMILES string of the molecule is CS(=O)(=O)Nc1cccc(CO)c1. The van der Waals surface area contributed by atoms with Crippen molar-refractivity contribution in [2.75, 3.05) is 11.0 Å². The van der Waals surface area contributed by atoms with Gasteiger partial charge in [-0.2, -0.15) is 0 Å². The fourth-order valence-electron chi connectivity index (χ4n) is 0.947. The highest BCUT2D eigenvalue weighted by molar-refractivity contribution is 7.92. The number of nitrogens with one attached hydrogen (secondary N) is 1. The first-order valence-electron chi connectivity index (χ1n) is 3.69. The predicted molar refractivity (Wildman–Crippen MR) is 50.8 cm³/mol. The summed E-state index contributed by atoms with van der Waals surface area (Å²) in [6.07, 6.45) is 1.08. The van der Waals surface area contributed by atoms with E-state index in [0.29, 0.717) is 11.3 Å². The van der Waals surface area contributed by atoms with Crippen LogP contribution in [0, 0.1) is 0 Å². The largest absolute Gasteiger partial charge is 0.392 e. The number of benzene rings is 1. The van der Waals surface area contributed by atoms with Gasteiger partial charge in [-0.05, 0) is 17.7 Å². The Kier molecular flexibility index (Phi) is 2.90. The van der Waals surface area contributed by atoms with Crippen molar-refractivity contribution in [2.45, 2.75) is 6.61 Å². The predicted octanol–water partition coefficient (Wildman–Crippen LogP) is 0.550. The maximum Gasteiger partial charge on any atom is 0.229 e. The minimum atomic E-state index is -3.23. The number of hydrogen-bond donors (Lipinski definition) is 2. The van der Waals surface area contributed by atoms with E-state index in [0.717, 1.165) is 6.26 Å². The molecule has 2 N–H and O–H groups in total. The first-order chi connectivity index (χ1) is 6.01. The van der Waals surface area contributed by atoms with Crippen LogP contribution >= 0.6 is 0 Å². The third-order valence-corrected chi connectivity index (χ3v) is 2.02. The van der Waals surface area contributed by atoms with Gasteiger partial charge in [0.05, 0.1) is 12.9 Å². The Morgan fingerprint density at radius 2 is 2.15 bits per heavy atom. The molecule has 0 spiro atoms. The lowest BCUT2D eigenvalue weighted by Crippen LogP contribution is -2.09. The van der Waals surface area contributed by atoms with Crippen LogP contribution in [0.3, 0.4) is 0 Å². The molecule has 1 aromatic carbocycles. The molecule has 13 heavy (non-hydrogen) atoms. The van der Waals surface area contributed by atoms with Gasteiger partial charge in [0, 0.05) is 5.69 Å². The van der Waals surface area contributed by atoms with Gasteiger partial charge in [0.15, 0.2) is 0 Å². The smallest absolute Gasteiger partial charge is 0.229 e. The van der Waals surface area contributed by atoms with Crippen LogP contribution < -0.4 is 4.72 Å². The summed E-state index contributed by atoms with van der Waals surface area (Å²) in [5.41, 5.74) is 1.14. The summed E-state index contributed by atoms with van der Waals surface area (Å²) in [5, 5.41) is 8.78. The van der Waals surface area contributed by atoms with E-state index in [4.69, 9.17) is 5.11 Å². The molecule has 4 nitrogen and oxygen atoms in total. The fourth-order valence-corrected chi connectivity index (χ4v) is 1.50. The van der Waals surface area contributed by atoms with Gasteiger partial charge in [-0.1, -0.05) is 12.1 Å². The quantitative estimate of drug-likeness (QED) is 0.750. The molecule has 0 radical (unpaired) electrons. The van der Waals surface area contributed by atoms with E-state index < -0.39 is 10.0 Å². The molecule has 0 aliphatic heterocycles. The van der Waals surface area contributed by atoms with E-state index in [-0.39, 0.29) is 6.61 Å². The lowest BCUT2D eigenvalue weighted by Gasteiger charge is -2.04. The van der Waals surface area contributed by atoms with Crippen LogP contribution in [0.25, 0.3) is 0 Å². The van der Waals surface area contributed by atoms with E-state index >= 15 is 0 Å². The average Bonchev–Trinajstić information content (AvgIpc) is 2.01. The standard InChI is InChI=1S/C8H11NO3S/c1-13(11,12)9-8-4-2-3-7(5-8)6-10/h2-5,9-10H,6H2,1H3. The van der Waals surface area contributed by atoms with Gasteiger partial charge in [0.25, 0.3) is 0 Å². The molecule has 0 aliphatic rings. The molecule has 0 unspecified atom stereocenters. The fraction of sp³-hybridized carbons (Fsp3) is 0.250. The summed E-state index contributed by atoms with van der Waals surface area (Å²) in [7, 11) is -3.23. The second kappa shape index (κ2) is 3.76. The van der Waals surface area contributed by atoms with Crippen molar-refractivity contribution in [3.63, 3.8) is 0 Å². The third-order valence-electron chi connectivity index (χ3n) is 1.41. The Morgan fingerprint density at radius 1 is 1.46 bits per heavy atom. The highest BCUT2D eigenvalue weighted by Gasteiger charge is 2.01. The number of hydrogen-bond acceptors (Lipinski definition) is 3. The normalized spacial score (nSPS) is 11.2. The molecule has 0 atom stereocenters. The number of sulfonamides is 1. The molecule has 72 valence electrons. The zero-order chi connectivity index (χ0) is 9.90. The van der Waals surface area contributed by atoms with Crippen LogP contribution in [0.15, 0.2) is 24.3 Å². The first-order valence-corrected chi connectivity index (χ1v) is 5.58. The molecular weight excluding hydrogens is 190 g/mol. The van der Waals surface area contributed by atoms with Gasteiger partial charge >= 0.3 is 0 Å². The second-order valence-corrected chi connectivity index (χ2v) is 4.48. The summed E-state index contributed by atoms with van der Waals surface area (Å²) in [4.78, 5) is 0. The maximum absolute atomic E-state index is 10.8. The van der Waals surface area contributed by atoms with Crippen molar-refractivity contribution >= 4 is 15.7 Å². The molecule has 0 aliphatic carbocycles. The number of aliphatic hydroxyl groups is 1.